The molecule has 0 saturated carbocycles. The van der Waals surface area contributed by atoms with Gasteiger partial charge in [0.25, 0.3) is 0 Å². The van der Waals surface area contributed by atoms with Gasteiger partial charge in [0.15, 0.2) is 0 Å². The topological polar surface area (TPSA) is 66.6 Å². The van der Waals surface area contributed by atoms with E-state index in [1.165, 1.54) is 4.90 Å². The Morgan fingerprint density at radius 3 is 2.83 bits per heavy atom. The minimum atomic E-state index is -0.847. The third-order valence-electron chi connectivity index (χ3n) is 2.54. The maximum absolute atomic E-state index is 10.7. The van der Waals surface area contributed by atoms with E-state index in [2.05, 4.69) is 0 Å². The molecule has 4 heteroatoms. The lowest BCUT2D eigenvalue weighted by Crippen LogP contribution is -2.46. The Hall–Kier alpha value is -0.770. The van der Waals surface area contributed by atoms with Gasteiger partial charge in [0.2, 0.25) is 0 Å². The number of carbonyl (C=O) groups is 1. The summed E-state index contributed by atoms with van der Waals surface area (Å²) in [6.07, 6.45) is 2.06. The van der Waals surface area contributed by atoms with Crippen molar-refractivity contribution in [2.24, 2.45) is 5.73 Å². The van der Waals surface area contributed by atoms with Gasteiger partial charge in [-0.05, 0) is 19.8 Å². The molecule has 1 saturated heterocycles. The van der Waals surface area contributed by atoms with Crippen molar-refractivity contribution in [2.45, 2.75) is 38.3 Å². The number of hydrogen-bond donors (Lipinski definition) is 2. The Morgan fingerprint density at radius 1 is 1.58 bits per heavy atom. The number of nitrogens with two attached hydrogens (primary N) is 1. The van der Waals surface area contributed by atoms with Crippen molar-refractivity contribution in [3.05, 3.63) is 0 Å². The number of likely N-dealkylation sites (tertiary alicyclic amines) is 1. The van der Waals surface area contributed by atoms with Crippen LogP contribution in [-0.4, -0.2) is 34.7 Å². The molecule has 0 radical (unpaired) electrons. The van der Waals surface area contributed by atoms with Crippen LogP contribution in [0.2, 0.25) is 0 Å². The predicted octanol–water partition coefficient (Wildman–Crippen LogP) is 0.866. The van der Waals surface area contributed by atoms with Gasteiger partial charge in [-0.2, -0.15) is 0 Å². The average Bonchev–Trinajstić information content (AvgIpc) is 2.15. The summed E-state index contributed by atoms with van der Waals surface area (Å²) in [6.45, 7) is 2.51. The molecule has 70 valence electrons. The molecular weight excluding hydrogens is 156 g/mol. The highest BCUT2D eigenvalue weighted by Gasteiger charge is 2.26. The minimum absolute atomic E-state index is 0.00333. The molecule has 0 aromatic rings. The summed E-state index contributed by atoms with van der Waals surface area (Å²) in [5.41, 5.74) is 5.80. The molecule has 4 nitrogen and oxygen atoms in total. The first-order valence-electron chi connectivity index (χ1n) is 4.38. The molecule has 1 unspecified atom stereocenters. The molecule has 1 rings (SSSR count). The van der Waals surface area contributed by atoms with Crippen LogP contribution in [0.5, 0.6) is 0 Å². The lowest BCUT2D eigenvalue weighted by Gasteiger charge is -2.27. The van der Waals surface area contributed by atoms with Gasteiger partial charge in [-0.3, -0.25) is 0 Å². The van der Waals surface area contributed by atoms with E-state index in [1.54, 1.807) is 0 Å². The smallest absolute Gasteiger partial charge is 0.407 e. The van der Waals surface area contributed by atoms with Gasteiger partial charge in [0.1, 0.15) is 0 Å². The van der Waals surface area contributed by atoms with Gasteiger partial charge >= 0.3 is 6.09 Å². The van der Waals surface area contributed by atoms with Gasteiger partial charge < -0.3 is 15.7 Å². The summed E-state index contributed by atoms with van der Waals surface area (Å²) in [4.78, 5) is 12.2. The van der Waals surface area contributed by atoms with E-state index < -0.39 is 6.09 Å². The monoisotopic (exact) mass is 172 g/mol. The van der Waals surface area contributed by atoms with Crippen molar-refractivity contribution >= 4 is 6.09 Å². The molecular formula is C8H16N2O2. The highest BCUT2D eigenvalue weighted by molar-refractivity contribution is 5.65. The fourth-order valence-electron chi connectivity index (χ4n) is 1.61. The fraction of sp³-hybridized carbons (Fsp3) is 0.875. The Bertz CT molecular complexity index is 172. The van der Waals surface area contributed by atoms with Crippen molar-refractivity contribution in [1.29, 1.82) is 0 Å². The molecule has 0 aromatic carbocycles. The third kappa shape index (κ3) is 1.88. The van der Waals surface area contributed by atoms with Crippen molar-refractivity contribution in [1.82, 2.24) is 4.90 Å². The van der Waals surface area contributed by atoms with Gasteiger partial charge in [-0.1, -0.05) is 6.42 Å². The zero-order valence-corrected chi connectivity index (χ0v) is 7.36. The van der Waals surface area contributed by atoms with E-state index in [0.29, 0.717) is 6.54 Å². The van der Waals surface area contributed by atoms with Gasteiger partial charge in [0.05, 0.1) is 0 Å². The number of rotatable bonds is 0. The summed E-state index contributed by atoms with van der Waals surface area (Å²) in [5.74, 6) is 0. The maximum Gasteiger partial charge on any atom is 0.407 e. The molecule has 0 aliphatic carbocycles. The first kappa shape index (κ1) is 9.32. The zero-order valence-electron chi connectivity index (χ0n) is 7.36. The normalized spacial score (nSPS) is 31.3. The highest BCUT2D eigenvalue weighted by atomic mass is 16.4. The Balaban J connectivity index is 2.64. The van der Waals surface area contributed by atoms with Crippen LogP contribution in [0.25, 0.3) is 0 Å². The summed E-state index contributed by atoms with van der Waals surface area (Å²) in [5, 5.41) is 8.82. The van der Waals surface area contributed by atoms with Gasteiger partial charge in [-0.25, -0.2) is 4.79 Å². The van der Waals surface area contributed by atoms with Crippen molar-refractivity contribution < 1.29 is 9.90 Å². The zero-order chi connectivity index (χ0) is 9.14. The first-order chi connectivity index (χ1) is 5.63. The van der Waals surface area contributed by atoms with E-state index in [4.69, 9.17) is 10.8 Å². The van der Waals surface area contributed by atoms with Crippen molar-refractivity contribution in [3.8, 4) is 0 Å². The van der Waals surface area contributed by atoms with Crippen LogP contribution in [-0.2, 0) is 0 Å². The number of hydrogen-bond acceptors (Lipinski definition) is 2. The second kappa shape index (κ2) is 3.76. The lowest BCUT2D eigenvalue weighted by atomic mass is 10.1. The molecule has 1 aliphatic rings. The number of amides is 1. The first-order valence-corrected chi connectivity index (χ1v) is 4.38. The largest absolute Gasteiger partial charge is 0.465 e. The number of nitrogens with zero attached hydrogens (tertiary/aromatic N) is 1. The molecule has 1 amide bonds. The standard InChI is InChI=1S/C8H16N2O2/c1-6-7(9)4-2-3-5-10(6)8(11)12/h6-7H,2-5,9H2,1H3,(H,11,12)/t6?,7-/m1/s1. The fourth-order valence-corrected chi connectivity index (χ4v) is 1.61. The van der Waals surface area contributed by atoms with Crippen LogP contribution in [0.1, 0.15) is 26.2 Å². The third-order valence-corrected chi connectivity index (χ3v) is 2.54. The summed E-state index contributed by atoms with van der Waals surface area (Å²) in [7, 11) is 0. The summed E-state index contributed by atoms with van der Waals surface area (Å²) >= 11 is 0. The molecule has 2 atom stereocenters. The summed E-state index contributed by atoms with van der Waals surface area (Å²) in [6, 6.07) is -0.0337. The van der Waals surface area contributed by atoms with E-state index in [-0.39, 0.29) is 12.1 Å². The van der Waals surface area contributed by atoms with E-state index >= 15 is 0 Å². The predicted molar refractivity (Wildman–Crippen MR) is 46.0 cm³/mol. The molecule has 0 spiro atoms. The maximum atomic E-state index is 10.7. The lowest BCUT2D eigenvalue weighted by molar-refractivity contribution is 0.125. The molecule has 0 bridgehead atoms. The Labute approximate surface area is 72.3 Å². The van der Waals surface area contributed by atoms with Gasteiger partial charge in [0, 0.05) is 18.6 Å². The van der Waals surface area contributed by atoms with Crippen LogP contribution < -0.4 is 5.73 Å². The SMILES string of the molecule is CC1[C@H](N)CCCCN1C(=O)O. The average molecular weight is 172 g/mol. The Morgan fingerprint density at radius 2 is 2.25 bits per heavy atom. The quantitative estimate of drug-likeness (QED) is 0.569. The summed E-state index contributed by atoms with van der Waals surface area (Å²) < 4.78 is 0. The molecule has 1 aliphatic heterocycles. The van der Waals surface area contributed by atoms with Crippen LogP contribution in [0.4, 0.5) is 4.79 Å². The molecule has 12 heavy (non-hydrogen) atoms. The van der Waals surface area contributed by atoms with E-state index in [1.807, 2.05) is 6.92 Å². The van der Waals surface area contributed by atoms with Crippen molar-refractivity contribution in [3.63, 3.8) is 0 Å². The second-order valence-corrected chi connectivity index (χ2v) is 3.38. The molecule has 3 N–H and O–H groups in total. The second-order valence-electron chi connectivity index (χ2n) is 3.38. The van der Waals surface area contributed by atoms with E-state index in [0.717, 1.165) is 19.3 Å². The van der Waals surface area contributed by atoms with Gasteiger partial charge in [-0.15, -0.1) is 0 Å². The molecule has 0 aromatic heterocycles. The van der Waals surface area contributed by atoms with Crippen LogP contribution >= 0.6 is 0 Å². The van der Waals surface area contributed by atoms with E-state index in [9.17, 15) is 4.79 Å². The minimum Gasteiger partial charge on any atom is -0.465 e. The van der Waals surface area contributed by atoms with Crippen LogP contribution in [0, 0.1) is 0 Å². The Kier molecular flexibility index (Phi) is 2.92. The van der Waals surface area contributed by atoms with Crippen LogP contribution in [0.15, 0.2) is 0 Å². The van der Waals surface area contributed by atoms with Crippen LogP contribution in [0.3, 0.4) is 0 Å². The molecule has 1 heterocycles. The highest BCUT2D eigenvalue weighted by Crippen LogP contribution is 2.15. The van der Waals surface area contributed by atoms with Crippen molar-refractivity contribution in [2.75, 3.05) is 6.54 Å². The number of carboxylic acid groups (broad SMARTS) is 1. The molecule has 1 fully saturated rings.